The summed E-state index contributed by atoms with van der Waals surface area (Å²) in [5, 5.41) is 2.88. The summed E-state index contributed by atoms with van der Waals surface area (Å²) in [7, 11) is 1.63. The van der Waals surface area contributed by atoms with Crippen LogP contribution >= 0.6 is 12.4 Å². The van der Waals surface area contributed by atoms with Crippen LogP contribution in [0.3, 0.4) is 0 Å². The zero-order valence-electron chi connectivity index (χ0n) is 12.7. The molecule has 0 aromatic heterocycles. The fourth-order valence-corrected chi connectivity index (χ4v) is 2.06. The van der Waals surface area contributed by atoms with Gasteiger partial charge in [-0.3, -0.25) is 4.79 Å². The van der Waals surface area contributed by atoms with Gasteiger partial charge in [-0.25, -0.2) is 0 Å². The predicted octanol–water partition coefficient (Wildman–Crippen LogP) is 2.56. The van der Waals surface area contributed by atoms with Crippen molar-refractivity contribution in [3.8, 4) is 5.75 Å². The van der Waals surface area contributed by atoms with Crippen LogP contribution in [0.25, 0.3) is 0 Å². The fraction of sp³-hybridized carbons (Fsp3) is 0.533. The molecule has 4 nitrogen and oxygen atoms in total. The minimum absolute atomic E-state index is 0. The molecular formula is C15H25ClN2O2. The first-order valence-electron chi connectivity index (χ1n) is 6.60. The average molecular weight is 301 g/mol. The monoisotopic (exact) mass is 300 g/mol. The molecule has 0 saturated heterocycles. The molecule has 0 fully saturated rings. The van der Waals surface area contributed by atoms with Crippen molar-refractivity contribution >= 4 is 18.3 Å². The summed E-state index contributed by atoms with van der Waals surface area (Å²) in [6.07, 6.45) is 1.56. The number of hydrogen-bond donors (Lipinski definition) is 2. The molecule has 1 rings (SSSR count). The highest BCUT2D eigenvalue weighted by atomic mass is 35.5. The Labute approximate surface area is 127 Å². The Kier molecular flexibility index (Phi) is 7.61. The minimum atomic E-state index is -0.803. The van der Waals surface area contributed by atoms with Crippen molar-refractivity contribution in [2.75, 3.05) is 7.11 Å². The van der Waals surface area contributed by atoms with Gasteiger partial charge >= 0.3 is 0 Å². The first-order valence-corrected chi connectivity index (χ1v) is 6.60. The predicted molar refractivity (Wildman–Crippen MR) is 84.3 cm³/mol. The lowest BCUT2D eigenvalue weighted by Crippen LogP contribution is -2.51. The summed E-state index contributed by atoms with van der Waals surface area (Å²) in [6, 6.07) is 5.90. The lowest BCUT2D eigenvalue weighted by molar-refractivity contribution is -0.126. The Morgan fingerprint density at radius 2 is 2.05 bits per heavy atom. The van der Waals surface area contributed by atoms with Crippen LogP contribution < -0.4 is 15.8 Å². The highest BCUT2D eigenvalue weighted by molar-refractivity contribution is 5.85. The van der Waals surface area contributed by atoms with Gasteiger partial charge in [-0.05, 0) is 43.5 Å². The highest BCUT2D eigenvalue weighted by Gasteiger charge is 2.26. The van der Waals surface area contributed by atoms with Gasteiger partial charge in [-0.1, -0.05) is 19.4 Å². The van der Waals surface area contributed by atoms with E-state index in [9.17, 15) is 4.79 Å². The van der Waals surface area contributed by atoms with Crippen LogP contribution in [0.5, 0.6) is 5.75 Å². The SMILES string of the molecule is CCCC(C)(N)C(=O)NCc1cc(C)cc(OC)c1.Cl. The lowest BCUT2D eigenvalue weighted by atomic mass is 9.96. The van der Waals surface area contributed by atoms with E-state index >= 15 is 0 Å². The maximum Gasteiger partial charge on any atom is 0.240 e. The number of aryl methyl sites for hydroxylation is 1. The summed E-state index contributed by atoms with van der Waals surface area (Å²) in [4.78, 5) is 12.0. The van der Waals surface area contributed by atoms with Crippen LogP contribution in [-0.2, 0) is 11.3 Å². The van der Waals surface area contributed by atoms with Gasteiger partial charge in [0.25, 0.3) is 0 Å². The van der Waals surface area contributed by atoms with Crippen molar-refractivity contribution in [1.82, 2.24) is 5.32 Å². The molecule has 114 valence electrons. The van der Waals surface area contributed by atoms with Crippen molar-refractivity contribution in [1.29, 1.82) is 0 Å². The van der Waals surface area contributed by atoms with Gasteiger partial charge in [0.1, 0.15) is 5.75 Å². The summed E-state index contributed by atoms with van der Waals surface area (Å²) >= 11 is 0. The lowest BCUT2D eigenvalue weighted by Gasteiger charge is -2.23. The van der Waals surface area contributed by atoms with Crippen LogP contribution in [0.2, 0.25) is 0 Å². The molecule has 0 bridgehead atoms. The van der Waals surface area contributed by atoms with E-state index in [1.807, 2.05) is 32.0 Å². The topological polar surface area (TPSA) is 64.4 Å². The molecule has 1 atom stereocenters. The van der Waals surface area contributed by atoms with E-state index in [-0.39, 0.29) is 18.3 Å². The van der Waals surface area contributed by atoms with Gasteiger partial charge in [0.15, 0.2) is 0 Å². The molecule has 0 aliphatic rings. The largest absolute Gasteiger partial charge is 0.497 e. The minimum Gasteiger partial charge on any atom is -0.497 e. The van der Waals surface area contributed by atoms with Crippen molar-refractivity contribution < 1.29 is 9.53 Å². The number of nitrogens with one attached hydrogen (secondary N) is 1. The van der Waals surface area contributed by atoms with Gasteiger partial charge in [0.2, 0.25) is 5.91 Å². The molecule has 1 amide bonds. The molecule has 0 spiro atoms. The first kappa shape index (κ1) is 18.7. The number of hydrogen-bond acceptors (Lipinski definition) is 3. The second kappa shape index (κ2) is 8.12. The van der Waals surface area contributed by atoms with Crippen molar-refractivity contribution in [2.24, 2.45) is 5.73 Å². The Bertz CT molecular complexity index is 447. The number of ether oxygens (including phenoxy) is 1. The molecule has 1 unspecified atom stereocenters. The smallest absolute Gasteiger partial charge is 0.240 e. The Morgan fingerprint density at radius 3 is 2.60 bits per heavy atom. The maximum atomic E-state index is 12.0. The number of halogens is 1. The standard InChI is InChI=1S/C15H24N2O2.ClH/c1-5-6-15(3,16)14(18)17-10-12-7-11(2)8-13(9-12)19-4;/h7-9H,5-6,10,16H2,1-4H3,(H,17,18);1H. The second-order valence-corrected chi connectivity index (χ2v) is 5.21. The number of amides is 1. The third-order valence-electron chi connectivity index (χ3n) is 3.09. The molecule has 5 heteroatoms. The molecule has 1 aromatic rings. The van der Waals surface area contributed by atoms with Gasteiger partial charge in [0, 0.05) is 6.54 Å². The van der Waals surface area contributed by atoms with E-state index in [0.29, 0.717) is 13.0 Å². The summed E-state index contributed by atoms with van der Waals surface area (Å²) in [5.41, 5.74) is 7.30. The van der Waals surface area contributed by atoms with Crippen molar-refractivity contribution in [3.05, 3.63) is 29.3 Å². The Balaban J connectivity index is 0.00000361. The van der Waals surface area contributed by atoms with E-state index < -0.39 is 5.54 Å². The van der Waals surface area contributed by atoms with Gasteiger partial charge < -0.3 is 15.8 Å². The number of rotatable bonds is 6. The Morgan fingerprint density at radius 1 is 1.40 bits per heavy atom. The number of nitrogens with two attached hydrogens (primary N) is 1. The van der Waals surface area contributed by atoms with Crippen LogP contribution in [0.15, 0.2) is 18.2 Å². The molecule has 0 radical (unpaired) electrons. The zero-order chi connectivity index (χ0) is 14.5. The quantitative estimate of drug-likeness (QED) is 0.848. The molecule has 20 heavy (non-hydrogen) atoms. The average Bonchev–Trinajstić information content (AvgIpc) is 2.35. The number of carbonyl (C=O) groups is 1. The summed E-state index contributed by atoms with van der Waals surface area (Å²) in [6.45, 7) is 6.25. The summed E-state index contributed by atoms with van der Waals surface area (Å²) < 4.78 is 5.21. The molecule has 0 heterocycles. The first-order chi connectivity index (χ1) is 8.89. The van der Waals surface area contributed by atoms with Crippen LogP contribution in [0, 0.1) is 6.92 Å². The van der Waals surface area contributed by atoms with E-state index in [4.69, 9.17) is 10.5 Å². The van der Waals surface area contributed by atoms with Gasteiger partial charge in [-0.15, -0.1) is 12.4 Å². The third-order valence-corrected chi connectivity index (χ3v) is 3.09. The number of methoxy groups -OCH3 is 1. The number of carbonyl (C=O) groups excluding carboxylic acids is 1. The molecule has 0 aliphatic carbocycles. The van der Waals surface area contributed by atoms with Gasteiger partial charge in [0.05, 0.1) is 12.6 Å². The second-order valence-electron chi connectivity index (χ2n) is 5.21. The van der Waals surface area contributed by atoms with E-state index in [0.717, 1.165) is 23.3 Å². The zero-order valence-corrected chi connectivity index (χ0v) is 13.5. The molecule has 0 saturated carbocycles. The third kappa shape index (κ3) is 5.39. The molecule has 1 aromatic carbocycles. The van der Waals surface area contributed by atoms with E-state index in [1.165, 1.54) is 0 Å². The highest BCUT2D eigenvalue weighted by Crippen LogP contribution is 2.16. The van der Waals surface area contributed by atoms with Crippen LogP contribution in [-0.4, -0.2) is 18.6 Å². The van der Waals surface area contributed by atoms with Crippen molar-refractivity contribution in [3.63, 3.8) is 0 Å². The molecule has 0 aliphatic heterocycles. The molecule has 3 N–H and O–H groups in total. The van der Waals surface area contributed by atoms with Gasteiger partial charge in [-0.2, -0.15) is 0 Å². The number of benzene rings is 1. The van der Waals surface area contributed by atoms with Crippen LogP contribution in [0.4, 0.5) is 0 Å². The fourth-order valence-electron chi connectivity index (χ4n) is 2.06. The van der Waals surface area contributed by atoms with Crippen molar-refractivity contribution in [2.45, 2.75) is 45.7 Å². The van der Waals surface area contributed by atoms with E-state index in [2.05, 4.69) is 5.32 Å². The van der Waals surface area contributed by atoms with Crippen LogP contribution in [0.1, 0.15) is 37.8 Å². The normalized spacial score (nSPS) is 13.1. The van der Waals surface area contributed by atoms with E-state index in [1.54, 1.807) is 14.0 Å². The molecular weight excluding hydrogens is 276 g/mol. The summed E-state index contributed by atoms with van der Waals surface area (Å²) in [5.74, 6) is 0.683. The maximum absolute atomic E-state index is 12.0. The Hall–Kier alpha value is -1.26.